The first-order valence-corrected chi connectivity index (χ1v) is 13.6. The Balaban J connectivity index is 1.14. The third kappa shape index (κ3) is 5.27. The maximum atomic E-state index is 6.20. The molecule has 1 aliphatic heterocycles. The lowest BCUT2D eigenvalue weighted by Gasteiger charge is -2.32. The molecule has 0 unspecified atom stereocenters. The van der Waals surface area contributed by atoms with Gasteiger partial charge in [0.1, 0.15) is 11.5 Å². The number of thiazole rings is 1. The number of pyridine rings is 1. The Hall–Kier alpha value is -3.30. The van der Waals surface area contributed by atoms with Crippen LogP contribution in [0.3, 0.4) is 0 Å². The van der Waals surface area contributed by atoms with Gasteiger partial charge in [0, 0.05) is 68.5 Å². The van der Waals surface area contributed by atoms with E-state index in [1.807, 2.05) is 36.7 Å². The molecule has 4 aromatic rings. The van der Waals surface area contributed by atoms with Crippen molar-refractivity contribution in [3.63, 3.8) is 0 Å². The van der Waals surface area contributed by atoms with Crippen LogP contribution in [0.4, 0.5) is 11.1 Å². The lowest BCUT2D eigenvalue weighted by atomic mass is 9.96. The van der Waals surface area contributed by atoms with Crippen LogP contribution in [0.15, 0.2) is 48.9 Å². The molecule has 1 saturated heterocycles. The van der Waals surface area contributed by atoms with Gasteiger partial charge < -0.3 is 19.9 Å². The van der Waals surface area contributed by atoms with Crippen LogP contribution in [-0.2, 0) is 0 Å². The van der Waals surface area contributed by atoms with Crippen LogP contribution in [0.5, 0.6) is 11.5 Å². The van der Waals surface area contributed by atoms with Crippen LogP contribution in [-0.4, -0.2) is 64.1 Å². The first-order valence-electron chi connectivity index (χ1n) is 12.8. The van der Waals surface area contributed by atoms with Crippen LogP contribution < -0.4 is 15.0 Å². The molecule has 0 amide bonds. The number of rotatable bonds is 6. The summed E-state index contributed by atoms with van der Waals surface area (Å²) in [7, 11) is 2.14. The highest BCUT2D eigenvalue weighted by Crippen LogP contribution is 2.33. The fraction of sp³-hybridized carbons (Fsp3) is 0.407. The third-order valence-corrected chi connectivity index (χ3v) is 7.93. The Morgan fingerprint density at radius 3 is 2.50 bits per heavy atom. The number of hydrogen-bond acceptors (Lipinski definition) is 9. The van der Waals surface area contributed by atoms with Gasteiger partial charge in [0.2, 0.25) is 5.95 Å². The molecule has 9 heteroatoms. The molecule has 4 heterocycles. The molecule has 2 aliphatic rings. The average molecular weight is 502 g/mol. The van der Waals surface area contributed by atoms with Crippen molar-refractivity contribution in [2.45, 2.75) is 38.1 Å². The summed E-state index contributed by atoms with van der Waals surface area (Å²) in [6.07, 6.45) is 11.9. The van der Waals surface area contributed by atoms with Gasteiger partial charge in [-0.05, 0) is 38.1 Å². The highest BCUT2D eigenvalue weighted by Gasteiger charge is 2.17. The number of piperazine rings is 1. The second-order valence-electron chi connectivity index (χ2n) is 9.67. The second-order valence-corrected chi connectivity index (χ2v) is 10.7. The number of nitrogens with zero attached hydrogens (tertiary/aromatic N) is 6. The second kappa shape index (κ2) is 10.4. The van der Waals surface area contributed by atoms with Gasteiger partial charge in [-0.15, -0.1) is 0 Å². The zero-order chi connectivity index (χ0) is 24.3. The Morgan fingerprint density at radius 1 is 0.917 bits per heavy atom. The Morgan fingerprint density at radius 2 is 1.69 bits per heavy atom. The minimum Gasteiger partial charge on any atom is -0.457 e. The number of hydrogen-bond donors (Lipinski definition) is 1. The third-order valence-electron chi connectivity index (χ3n) is 6.98. The molecule has 1 aliphatic carbocycles. The van der Waals surface area contributed by atoms with E-state index in [1.54, 1.807) is 17.5 Å². The first-order chi connectivity index (χ1) is 17.7. The van der Waals surface area contributed by atoms with Crippen molar-refractivity contribution in [3.8, 4) is 22.8 Å². The van der Waals surface area contributed by atoms with Crippen LogP contribution in [0.2, 0.25) is 0 Å². The van der Waals surface area contributed by atoms with Crippen molar-refractivity contribution in [1.82, 2.24) is 24.8 Å². The van der Waals surface area contributed by atoms with E-state index in [-0.39, 0.29) is 0 Å². The molecule has 0 spiro atoms. The van der Waals surface area contributed by atoms with Crippen LogP contribution in [0.1, 0.15) is 32.1 Å². The topological polar surface area (TPSA) is 79.3 Å². The Kier molecular flexibility index (Phi) is 6.65. The van der Waals surface area contributed by atoms with Crippen molar-refractivity contribution >= 4 is 32.6 Å². The summed E-state index contributed by atoms with van der Waals surface area (Å²) in [5, 5.41) is 4.63. The van der Waals surface area contributed by atoms with E-state index in [1.165, 1.54) is 32.1 Å². The Bertz CT molecular complexity index is 1310. The summed E-state index contributed by atoms with van der Waals surface area (Å²) in [6, 6.07) is 10.4. The fourth-order valence-corrected chi connectivity index (χ4v) is 5.81. The van der Waals surface area contributed by atoms with E-state index in [9.17, 15) is 0 Å². The number of anilines is 2. The van der Waals surface area contributed by atoms with E-state index < -0.39 is 0 Å². The standard InChI is InChI=1S/C27H31N7OS/c1-33-11-13-34(14-12-33)26-29-17-19(18-30-26)24-15-22(9-10-28-24)35-21-7-8-23-25(16-21)36-27(32-23)31-20-5-3-2-4-6-20/h7-10,15-18,20H,2-6,11-14H2,1H3,(H,31,32). The molecule has 3 aromatic heterocycles. The first kappa shape index (κ1) is 23.1. The summed E-state index contributed by atoms with van der Waals surface area (Å²) in [4.78, 5) is 23.0. The van der Waals surface area contributed by atoms with Crippen LogP contribution >= 0.6 is 11.3 Å². The molecule has 1 N–H and O–H groups in total. The molecule has 36 heavy (non-hydrogen) atoms. The summed E-state index contributed by atoms with van der Waals surface area (Å²) in [6.45, 7) is 3.94. The summed E-state index contributed by atoms with van der Waals surface area (Å²) >= 11 is 1.69. The zero-order valence-corrected chi connectivity index (χ0v) is 21.4. The minimum absolute atomic E-state index is 0.546. The molecule has 6 rings (SSSR count). The number of aromatic nitrogens is 4. The Labute approximate surface area is 215 Å². The number of likely N-dealkylation sites (N-methyl/N-ethyl adjacent to an activating group) is 1. The molecule has 0 radical (unpaired) electrons. The SMILES string of the molecule is CN1CCN(c2ncc(-c3cc(Oc4ccc5nc(NC6CCCCC6)sc5c4)ccn3)cn2)CC1. The van der Waals surface area contributed by atoms with E-state index >= 15 is 0 Å². The lowest BCUT2D eigenvalue weighted by molar-refractivity contribution is 0.311. The molecular weight excluding hydrogens is 470 g/mol. The number of benzene rings is 1. The van der Waals surface area contributed by atoms with Crippen molar-refractivity contribution in [2.75, 3.05) is 43.4 Å². The monoisotopic (exact) mass is 501 g/mol. The van der Waals surface area contributed by atoms with E-state index in [0.717, 1.165) is 70.2 Å². The largest absolute Gasteiger partial charge is 0.457 e. The van der Waals surface area contributed by atoms with Gasteiger partial charge in [-0.2, -0.15) is 0 Å². The van der Waals surface area contributed by atoms with Gasteiger partial charge in [-0.1, -0.05) is 30.6 Å². The molecule has 8 nitrogen and oxygen atoms in total. The smallest absolute Gasteiger partial charge is 0.225 e. The predicted molar refractivity (Wildman–Crippen MR) is 145 cm³/mol. The van der Waals surface area contributed by atoms with Gasteiger partial charge in [0.15, 0.2) is 5.13 Å². The molecule has 2 fully saturated rings. The summed E-state index contributed by atoms with van der Waals surface area (Å²) in [5.41, 5.74) is 2.66. The molecule has 1 saturated carbocycles. The quantitative estimate of drug-likeness (QED) is 0.374. The van der Waals surface area contributed by atoms with Crippen molar-refractivity contribution < 1.29 is 4.74 Å². The fourth-order valence-electron chi connectivity index (χ4n) is 4.84. The summed E-state index contributed by atoms with van der Waals surface area (Å²) < 4.78 is 7.32. The normalized spacial score (nSPS) is 17.4. The maximum Gasteiger partial charge on any atom is 0.225 e. The number of ether oxygens (including phenoxy) is 1. The number of nitrogens with one attached hydrogen (secondary N) is 1. The maximum absolute atomic E-state index is 6.20. The molecule has 0 atom stereocenters. The zero-order valence-electron chi connectivity index (χ0n) is 20.6. The molecule has 1 aromatic carbocycles. The molecule has 0 bridgehead atoms. The lowest BCUT2D eigenvalue weighted by Crippen LogP contribution is -2.45. The van der Waals surface area contributed by atoms with Gasteiger partial charge in [-0.3, -0.25) is 4.98 Å². The van der Waals surface area contributed by atoms with Crippen molar-refractivity contribution in [3.05, 3.63) is 48.9 Å². The number of fused-ring (bicyclic) bond motifs is 1. The summed E-state index contributed by atoms with van der Waals surface area (Å²) in [5.74, 6) is 2.29. The van der Waals surface area contributed by atoms with Crippen molar-refractivity contribution in [2.24, 2.45) is 0 Å². The van der Waals surface area contributed by atoms with E-state index in [0.29, 0.717) is 6.04 Å². The van der Waals surface area contributed by atoms with Gasteiger partial charge in [-0.25, -0.2) is 15.0 Å². The average Bonchev–Trinajstić information content (AvgIpc) is 3.31. The van der Waals surface area contributed by atoms with Crippen LogP contribution in [0.25, 0.3) is 21.5 Å². The highest BCUT2D eigenvalue weighted by atomic mass is 32.1. The van der Waals surface area contributed by atoms with Gasteiger partial charge in [0.05, 0.1) is 15.9 Å². The predicted octanol–water partition coefficient (Wildman–Crippen LogP) is 5.44. The molecular formula is C27H31N7OS. The highest BCUT2D eigenvalue weighted by molar-refractivity contribution is 7.22. The van der Waals surface area contributed by atoms with Crippen molar-refractivity contribution in [1.29, 1.82) is 0 Å². The van der Waals surface area contributed by atoms with E-state index in [2.05, 4.69) is 43.2 Å². The van der Waals surface area contributed by atoms with Gasteiger partial charge in [0.25, 0.3) is 0 Å². The molecule has 186 valence electrons. The van der Waals surface area contributed by atoms with E-state index in [4.69, 9.17) is 9.72 Å². The van der Waals surface area contributed by atoms with Crippen LogP contribution in [0, 0.1) is 0 Å². The van der Waals surface area contributed by atoms with Gasteiger partial charge >= 0.3 is 0 Å². The minimum atomic E-state index is 0.546.